The molecule has 4 N–H and O–H groups in total. The van der Waals surface area contributed by atoms with Gasteiger partial charge in [-0.15, -0.1) is 0 Å². The second-order valence-electron chi connectivity index (χ2n) is 6.61. The zero-order valence-electron chi connectivity index (χ0n) is 15.7. The third-order valence-electron chi connectivity index (χ3n) is 4.36. The van der Waals surface area contributed by atoms with Crippen LogP contribution in [0.15, 0.2) is 48.8 Å². The van der Waals surface area contributed by atoms with Gasteiger partial charge in [0, 0.05) is 11.8 Å². The Morgan fingerprint density at radius 1 is 1.10 bits per heavy atom. The SMILES string of the molecule is NC(=O)c1[nH]ncc1CCc1cccc(CC(=O)Nc2cc(C(F)(F)F)ccn2)c1. The largest absolute Gasteiger partial charge is 0.416 e. The van der Waals surface area contributed by atoms with Crippen LogP contribution in [0.4, 0.5) is 19.0 Å². The number of carbonyl (C=O) groups is 2. The van der Waals surface area contributed by atoms with Gasteiger partial charge in [0.2, 0.25) is 5.91 Å². The topological polar surface area (TPSA) is 114 Å². The molecule has 0 radical (unpaired) electrons. The van der Waals surface area contributed by atoms with Gasteiger partial charge in [0.05, 0.1) is 18.2 Å². The first-order chi connectivity index (χ1) is 14.2. The lowest BCUT2D eigenvalue weighted by Gasteiger charge is -2.09. The molecule has 0 bridgehead atoms. The molecule has 3 rings (SSSR count). The number of nitrogens with two attached hydrogens (primary N) is 1. The van der Waals surface area contributed by atoms with Gasteiger partial charge in [0.1, 0.15) is 11.5 Å². The van der Waals surface area contributed by atoms with Crippen molar-refractivity contribution < 1.29 is 22.8 Å². The number of anilines is 1. The van der Waals surface area contributed by atoms with Crippen LogP contribution < -0.4 is 11.1 Å². The number of aryl methyl sites for hydroxylation is 2. The van der Waals surface area contributed by atoms with Crippen LogP contribution in [0.2, 0.25) is 0 Å². The van der Waals surface area contributed by atoms with Crippen molar-refractivity contribution >= 4 is 17.6 Å². The number of amides is 2. The number of hydrogen-bond acceptors (Lipinski definition) is 4. The molecule has 0 aliphatic heterocycles. The van der Waals surface area contributed by atoms with Crippen LogP contribution in [0.1, 0.15) is 32.7 Å². The average Bonchev–Trinajstić information content (AvgIpc) is 3.15. The van der Waals surface area contributed by atoms with Crippen molar-refractivity contribution in [3.8, 4) is 0 Å². The highest BCUT2D eigenvalue weighted by Crippen LogP contribution is 2.29. The maximum atomic E-state index is 12.8. The summed E-state index contributed by atoms with van der Waals surface area (Å²) in [6, 6.07) is 8.85. The highest BCUT2D eigenvalue weighted by atomic mass is 19.4. The normalized spacial score (nSPS) is 11.3. The fourth-order valence-electron chi connectivity index (χ4n) is 2.94. The van der Waals surface area contributed by atoms with E-state index in [4.69, 9.17) is 5.73 Å². The number of rotatable bonds is 7. The summed E-state index contributed by atoms with van der Waals surface area (Å²) in [7, 11) is 0. The van der Waals surface area contributed by atoms with Gasteiger partial charge in [-0.25, -0.2) is 4.98 Å². The standard InChI is InChI=1S/C20H18F3N5O2/c21-20(22,23)15-6-7-25-16(10-15)27-17(29)9-13-3-1-2-12(8-13)4-5-14-11-26-28-18(14)19(24)30/h1-3,6-8,10-11H,4-5,9H2,(H2,24,30)(H,26,28)(H,25,27,29). The second-order valence-corrected chi connectivity index (χ2v) is 6.61. The quantitative estimate of drug-likeness (QED) is 0.548. The van der Waals surface area contributed by atoms with E-state index in [1.54, 1.807) is 18.3 Å². The highest BCUT2D eigenvalue weighted by Gasteiger charge is 2.30. The fraction of sp³-hybridized carbons (Fsp3) is 0.200. The van der Waals surface area contributed by atoms with Gasteiger partial charge in [-0.1, -0.05) is 24.3 Å². The lowest BCUT2D eigenvalue weighted by molar-refractivity contribution is -0.137. The van der Waals surface area contributed by atoms with Gasteiger partial charge in [0.25, 0.3) is 5.91 Å². The summed E-state index contributed by atoms with van der Waals surface area (Å²) in [6.45, 7) is 0. The number of carbonyl (C=O) groups excluding carboxylic acids is 2. The molecule has 2 aromatic heterocycles. The van der Waals surface area contributed by atoms with Crippen molar-refractivity contribution in [2.45, 2.75) is 25.4 Å². The second kappa shape index (κ2) is 8.76. The van der Waals surface area contributed by atoms with E-state index in [-0.39, 0.29) is 17.9 Å². The maximum Gasteiger partial charge on any atom is 0.416 e. The first-order valence-corrected chi connectivity index (χ1v) is 8.95. The maximum absolute atomic E-state index is 12.8. The smallest absolute Gasteiger partial charge is 0.364 e. The number of pyridine rings is 1. The Morgan fingerprint density at radius 2 is 1.87 bits per heavy atom. The Labute approximate surface area is 169 Å². The van der Waals surface area contributed by atoms with Crippen LogP contribution in [0, 0.1) is 0 Å². The molecule has 0 fully saturated rings. The van der Waals surface area contributed by atoms with Gasteiger partial charge < -0.3 is 11.1 Å². The van der Waals surface area contributed by atoms with Crippen molar-refractivity contribution in [3.63, 3.8) is 0 Å². The van der Waals surface area contributed by atoms with Gasteiger partial charge >= 0.3 is 6.18 Å². The number of benzene rings is 1. The summed E-state index contributed by atoms with van der Waals surface area (Å²) in [5, 5.41) is 8.76. The predicted octanol–water partition coefficient (Wildman–Crippen LogP) is 2.89. The zero-order chi connectivity index (χ0) is 21.7. The van der Waals surface area contributed by atoms with E-state index >= 15 is 0 Å². The summed E-state index contributed by atoms with van der Waals surface area (Å²) in [4.78, 5) is 27.3. The number of nitrogens with one attached hydrogen (secondary N) is 2. The summed E-state index contributed by atoms with van der Waals surface area (Å²) in [5.74, 6) is -1.23. The fourth-order valence-corrected chi connectivity index (χ4v) is 2.94. The first kappa shape index (κ1) is 21.0. The molecule has 0 atom stereocenters. The molecular formula is C20H18F3N5O2. The number of halogens is 3. The van der Waals surface area contributed by atoms with Crippen LogP contribution >= 0.6 is 0 Å². The number of primary amides is 1. The van der Waals surface area contributed by atoms with Crippen molar-refractivity contribution in [3.05, 3.63) is 76.7 Å². The molecule has 2 heterocycles. The van der Waals surface area contributed by atoms with E-state index in [1.165, 1.54) is 0 Å². The molecule has 30 heavy (non-hydrogen) atoms. The molecular weight excluding hydrogens is 399 g/mol. The van der Waals surface area contributed by atoms with Gasteiger partial charge in [-0.3, -0.25) is 14.7 Å². The van der Waals surface area contributed by atoms with E-state index in [9.17, 15) is 22.8 Å². The van der Waals surface area contributed by atoms with Crippen LogP contribution in [0.5, 0.6) is 0 Å². The zero-order valence-corrected chi connectivity index (χ0v) is 15.7. The van der Waals surface area contributed by atoms with Crippen molar-refractivity contribution in [2.24, 2.45) is 5.73 Å². The van der Waals surface area contributed by atoms with E-state index in [0.717, 1.165) is 23.9 Å². The van der Waals surface area contributed by atoms with Gasteiger partial charge in [-0.2, -0.15) is 18.3 Å². The molecule has 0 aliphatic rings. The number of nitrogens with zero attached hydrogens (tertiary/aromatic N) is 2. The average molecular weight is 417 g/mol. The molecule has 0 unspecified atom stereocenters. The predicted molar refractivity (Wildman–Crippen MR) is 103 cm³/mol. The minimum Gasteiger partial charge on any atom is -0.364 e. The number of aromatic amines is 1. The number of alkyl halides is 3. The molecule has 0 saturated heterocycles. The molecule has 156 valence electrons. The first-order valence-electron chi connectivity index (χ1n) is 8.95. The molecule has 1 aromatic carbocycles. The summed E-state index contributed by atoms with van der Waals surface area (Å²) < 4.78 is 38.3. The molecule has 2 amide bonds. The Bertz CT molecular complexity index is 1060. The van der Waals surface area contributed by atoms with Crippen molar-refractivity contribution in [1.29, 1.82) is 0 Å². The minimum absolute atomic E-state index is 0.0238. The Balaban J connectivity index is 1.61. The minimum atomic E-state index is -4.51. The Hall–Kier alpha value is -3.69. The molecule has 3 aromatic rings. The van der Waals surface area contributed by atoms with E-state index in [2.05, 4.69) is 20.5 Å². The number of hydrogen-bond donors (Lipinski definition) is 3. The number of H-pyrrole nitrogens is 1. The van der Waals surface area contributed by atoms with Crippen LogP contribution in [0.3, 0.4) is 0 Å². The Morgan fingerprint density at radius 3 is 2.60 bits per heavy atom. The molecule has 0 spiro atoms. The van der Waals surface area contributed by atoms with E-state index in [0.29, 0.717) is 24.0 Å². The number of aromatic nitrogens is 3. The van der Waals surface area contributed by atoms with E-state index in [1.807, 2.05) is 12.1 Å². The van der Waals surface area contributed by atoms with E-state index < -0.39 is 23.6 Å². The molecule has 7 nitrogen and oxygen atoms in total. The lowest BCUT2D eigenvalue weighted by Crippen LogP contribution is -2.16. The molecule has 0 aliphatic carbocycles. The Kier molecular flexibility index (Phi) is 6.14. The monoisotopic (exact) mass is 417 g/mol. The van der Waals surface area contributed by atoms with Gasteiger partial charge in [-0.05, 0) is 36.1 Å². The highest BCUT2D eigenvalue weighted by molar-refractivity contribution is 5.92. The summed E-state index contributed by atoms with van der Waals surface area (Å²) in [6.07, 6.45) is -0.887. The van der Waals surface area contributed by atoms with Crippen LogP contribution in [-0.2, 0) is 30.2 Å². The third kappa shape index (κ3) is 5.43. The lowest BCUT2D eigenvalue weighted by atomic mass is 10.0. The van der Waals surface area contributed by atoms with Gasteiger partial charge in [0.15, 0.2) is 0 Å². The molecule has 0 saturated carbocycles. The van der Waals surface area contributed by atoms with Crippen molar-refractivity contribution in [1.82, 2.24) is 15.2 Å². The summed E-state index contributed by atoms with van der Waals surface area (Å²) in [5.41, 5.74) is 6.97. The van der Waals surface area contributed by atoms with Crippen LogP contribution in [-0.4, -0.2) is 27.0 Å². The summed E-state index contributed by atoms with van der Waals surface area (Å²) >= 11 is 0. The van der Waals surface area contributed by atoms with Crippen LogP contribution in [0.25, 0.3) is 0 Å². The third-order valence-corrected chi connectivity index (χ3v) is 4.36. The molecule has 10 heteroatoms. The van der Waals surface area contributed by atoms with Crippen molar-refractivity contribution in [2.75, 3.05) is 5.32 Å².